The van der Waals surface area contributed by atoms with E-state index in [1.54, 1.807) is 6.20 Å². The van der Waals surface area contributed by atoms with Gasteiger partial charge in [-0.25, -0.2) is 4.98 Å². The lowest BCUT2D eigenvalue weighted by atomic mass is 9.87. The maximum absolute atomic E-state index is 13.4. The molecule has 33 heavy (non-hydrogen) atoms. The second-order valence-corrected chi connectivity index (χ2v) is 9.38. The van der Waals surface area contributed by atoms with Crippen LogP contribution in [-0.2, 0) is 11.3 Å². The van der Waals surface area contributed by atoms with Crippen LogP contribution >= 0.6 is 11.6 Å². The molecule has 1 spiro atoms. The van der Waals surface area contributed by atoms with Gasteiger partial charge in [0.2, 0.25) is 0 Å². The van der Waals surface area contributed by atoms with Crippen LogP contribution in [0.2, 0.25) is 5.02 Å². The SMILES string of the molecule is Cc1nccn1Cc1ccccc1C(=O)N1CCC2(CC1)C[C@H](Oc1ccc(Cl)cc1)CO2. The second-order valence-electron chi connectivity index (χ2n) is 8.94. The molecule has 172 valence electrons. The molecule has 2 aliphatic rings. The molecular formula is C26H28ClN3O3. The van der Waals surface area contributed by atoms with Crippen LogP contribution in [0, 0.1) is 6.92 Å². The Hall–Kier alpha value is -2.83. The van der Waals surface area contributed by atoms with Gasteiger partial charge in [0.15, 0.2) is 0 Å². The highest BCUT2D eigenvalue weighted by Crippen LogP contribution is 2.38. The largest absolute Gasteiger partial charge is 0.488 e. The summed E-state index contributed by atoms with van der Waals surface area (Å²) in [5.41, 5.74) is 1.57. The van der Waals surface area contributed by atoms with E-state index in [2.05, 4.69) is 9.55 Å². The number of carbonyl (C=O) groups excluding carboxylic acids is 1. The smallest absolute Gasteiger partial charge is 0.254 e. The van der Waals surface area contributed by atoms with Crippen LogP contribution in [0.4, 0.5) is 0 Å². The fourth-order valence-electron chi connectivity index (χ4n) is 4.84. The highest BCUT2D eigenvalue weighted by molar-refractivity contribution is 6.30. The first-order valence-electron chi connectivity index (χ1n) is 11.4. The van der Waals surface area contributed by atoms with Crippen LogP contribution in [0.15, 0.2) is 60.9 Å². The molecule has 6 nitrogen and oxygen atoms in total. The highest BCUT2D eigenvalue weighted by Gasteiger charge is 2.44. The number of hydrogen-bond donors (Lipinski definition) is 0. The fraction of sp³-hybridized carbons (Fsp3) is 0.385. The van der Waals surface area contributed by atoms with Crippen molar-refractivity contribution in [2.45, 2.75) is 44.4 Å². The van der Waals surface area contributed by atoms with Crippen molar-refractivity contribution in [2.75, 3.05) is 19.7 Å². The second kappa shape index (κ2) is 9.20. The minimum absolute atomic E-state index is 0.0209. The van der Waals surface area contributed by atoms with Gasteiger partial charge < -0.3 is 18.9 Å². The van der Waals surface area contributed by atoms with Gasteiger partial charge in [-0.15, -0.1) is 0 Å². The number of nitrogens with zero attached hydrogens (tertiary/aromatic N) is 3. The van der Waals surface area contributed by atoms with Gasteiger partial charge in [-0.3, -0.25) is 4.79 Å². The molecule has 0 radical (unpaired) electrons. The van der Waals surface area contributed by atoms with Gasteiger partial charge >= 0.3 is 0 Å². The predicted octanol–water partition coefficient (Wildman–Crippen LogP) is 4.74. The number of benzene rings is 2. The normalized spacial score (nSPS) is 19.7. The molecule has 1 atom stereocenters. The minimum Gasteiger partial charge on any atom is -0.488 e. The zero-order valence-corrected chi connectivity index (χ0v) is 19.5. The molecule has 7 heteroatoms. The van der Waals surface area contributed by atoms with Crippen molar-refractivity contribution in [1.82, 2.24) is 14.5 Å². The summed E-state index contributed by atoms with van der Waals surface area (Å²) in [7, 11) is 0. The number of piperidine rings is 1. The summed E-state index contributed by atoms with van der Waals surface area (Å²) < 4.78 is 14.4. The summed E-state index contributed by atoms with van der Waals surface area (Å²) in [4.78, 5) is 19.6. The minimum atomic E-state index is -0.207. The zero-order chi connectivity index (χ0) is 22.8. The van der Waals surface area contributed by atoms with Crippen molar-refractivity contribution >= 4 is 17.5 Å². The van der Waals surface area contributed by atoms with Crippen molar-refractivity contribution in [2.24, 2.45) is 0 Å². The molecule has 3 heterocycles. The number of halogens is 1. The molecule has 2 aromatic carbocycles. The standard InChI is InChI=1S/C26H28ClN3O3/c1-19-28-12-15-30(19)17-20-4-2-3-5-24(20)25(31)29-13-10-26(11-14-29)16-23(18-32-26)33-22-8-6-21(27)7-9-22/h2-9,12,15,23H,10-11,13-14,16-18H2,1H3/t23-/m0/s1. The quantitative estimate of drug-likeness (QED) is 0.546. The first kappa shape index (κ1) is 22.0. The summed E-state index contributed by atoms with van der Waals surface area (Å²) in [5, 5.41) is 0.695. The lowest BCUT2D eigenvalue weighted by Crippen LogP contribution is -2.46. The topological polar surface area (TPSA) is 56.6 Å². The van der Waals surface area contributed by atoms with Gasteiger partial charge in [-0.2, -0.15) is 0 Å². The Bertz CT molecular complexity index is 1120. The Morgan fingerprint density at radius 3 is 2.67 bits per heavy atom. The Morgan fingerprint density at radius 1 is 1.18 bits per heavy atom. The van der Waals surface area contributed by atoms with Gasteiger partial charge in [-0.1, -0.05) is 29.8 Å². The van der Waals surface area contributed by atoms with E-state index in [0.29, 0.717) is 31.3 Å². The van der Waals surface area contributed by atoms with Crippen LogP contribution in [0.5, 0.6) is 5.75 Å². The molecule has 0 N–H and O–H groups in total. The van der Waals surface area contributed by atoms with Crippen LogP contribution < -0.4 is 4.74 Å². The monoisotopic (exact) mass is 465 g/mol. The molecule has 1 amide bonds. The molecule has 0 aliphatic carbocycles. The third-order valence-corrected chi connectivity index (χ3v) is 7.02. The van der Waals surface area contributed by atoms with Crippen molar-refractivity contribution in [3.8, 4) is 5.75 Å². The number of ether oxygens (including phenoxy) is 2. The number of aromatic nitrogens is 2. The maximum Gasteiger partial charge on any atom is 0.254 e. The van der Waals surface area contributed by atoms with Crippen molar-refractivity contribution in [3.05, 3.63) is 82.9 Å². The van der Waals surface area contributed by atoms with E-state index in [-0.39, 0.29) is 17.6 Å². The van der Waals surface area contributed by atoms with E-state index in [9.17, 15) is 4.79 Å². The maximum atomic E-state index is 13.4. The predicted molar refractivity (Wildman–Crippen MR) is 127 cm³/mol. The summed E-state index contributed by atoms with van der Waals surface area (Å²) in [5.74, 6) is 1.83. The van der Waals surface area contributed by atoms with Gasteiger partial charge in [0.1, 0.15) is 17.7 Å². The molecule has 2 saturated heterocycles. The Morgan fingerprint density at radius 2 is 1.94 bits per heavy atom. The van der Waals surface area contributed by atoms with E-state index in [4.69, 9.17) is 21.1 Å². The van der Waals surface area contributed by atoms with Gasteiger partial charge in [0.05, 0.1) is 12.2 Å². The molecule has 5 rings (SSSR count). The summed E-state index contributed by atoms with van der Waals surface area (Å²) >= 11 is 5.96. The number of carbonyl (C=O) groups is 1. The molecule has 0 unspecified atom stereocenters. The third kappa shape index (κ3) is 4.77. The summed E-state index contributed by atoms with van der Waals surface area (Å²) in [6.07, 6.45) is 6.24. The van der Waals surface area contributed by atoms with Gasteiger partial charge in [0.25, 0.3) is 5.91 Å². The number of likely N-dealkylation sites (tertiary alicyclic amines) is 1. The third-order valence-electron chi connectivity index (χ3n) is 6.77. The van der Waals surface area contributed by atoms with Crippen LogP contribution in [0.1, 0.15) is 41.0 Å². The molecule has 1 aromatic heterocycles. The number of aryl methyl sites for hydroxylation is 1. The van der Waals surface area contributed by atoms with Crippen molar-refractivity contribution in [3.63, 3.8) is 0 Å². The Balaban J connectivity index is 1.21. The highest BCUT2D eigenvalue weighted by atomic mass is 35.5. The molecule has 2 fully saturated rings. The Labute approximate surface area is 199 Å². The molecule has 0 bridgehead atoms. The van der Waals surface area contributed by atoms with Crippen LogP contribution in [0.25, 0.3) is 0 Å². The number of hydrogen-bond acceptors (Lipinski definition) is 4. The van der Waals surface area contributed by atoms with Crippen molar-refractivity contribution < 1.29 is 14.3 Å². The molecule has 2 aliphatic heterocycles. The van der Waals surface area contributed by atoms with E-state index in [0.717, 1.165) is 42.0 Å². The summed E-state index contributed by atoms with van der Waals surface area (Å²) in [6.45, 7) is 4.55. The van der Waals surface area contributed by atoms with Gasteiger partial charge in [0, 0.05) is 49.0 Å². The fourth-order valence-corrected chi connectivity index (χ4v) is 4.97. The van der Waals surface area contributed by atoms with E-state index in [1.165, 1.54) is 0 Å². The average Bonchev–Trinajstić information content (AvgIpc) is 3.41. The lowest BCUT2D eigenvalue weighted by molar-refractivity contribution is -0.0395. The number of rotatable bonds is 5. The van der Waals surface area contributed by atoms with Gasteiger partial charge in [-0.05, 0) is 55.7 Å². The summed E-state index contributed by atoms with van der Waals surface area (Å²) in [6, 6.07) is 15.3. The zero-order valence-electron chi connectivity index (χ0n) is 18.7. The molecule has 0 saturated carbocycles. The number of imidazole rings is 1. The lowest BCUT2D eigenvalue weighted by Gasteiger charge is -2.38. The van der Waals surface area contributed by atoms with Crippen molar-refractivity contribution in [1.29, 1.82) is 0 Å². The first-order valence-corrected chi connectivity index (χ1v) is 11.8. The van der Waals surface area contributed by atoms with Crippen LogP contribution in [-0.4, -0.2) is 51.8 Å². The molecule has 3 aromatic rings. The Kier molecular flexibility index (Phi) is 6.13. The van der Waals surface area contributed by atoms with E-state index in [1.807, 2.05) is 66.6 Å². The number of amides is 1. The van der Waals surface area contributed by atoms with Crippen LogP contribution in [0.3, 0.4) is 0 Å². The van der Waals surface area contributed by atoms with E-state index < -0.39 is 0 Å². The first-order chi connectivity index (χ1) is 16.0. The average molecular weight is 466 g/mol. The molecular weight excluding hydrogens is 438 g/mol. The van der Waals surface area contributed by atoms with E-state index >= 15 is 0 Å².